The van der Waals surface area contributed by atoms with Gasteiger partial charge in [0.1, 0.15) is 0 Å². The molecule has 2 rings (SSSR count). The number of halogens is 1. The van der Waals surface area contributed by atoms with Crippen LogP contribution in [0.15, 0.2) is 18.2 Å². The molecule has 6 nitrogen and oxygen atoms in total. The Morgan fingerprint density at radius 2 is 2.32 bits per heavy atom. The second kappa shape index (κ2) is 7.60. The van der Waals surface area contributed by atoms with Crippen LogP contribution in [-0.2, 0) is 4.79 Å². The van der Waals surface area contributed by atoms with Crippen LogP contribution in [0.5, 0.6) is 0 Å². The topological polar surface area (TPSA) is 93.4 Å². The maximum Gasteiger partial charge on any atom is 0.293 e. The summed E-state index contributed by atoms with van der Waals surface area (Å²) in [5.74, 6) is -0.811. The highest BCUT2D eigenvalue weighted by Gasteiger charge is 2.29. The monoisotopic (exact) mass is 411 g/mol. The predicted octanol–water partition coefficient (Wildman–Crippen LogP) is 0.185. The van der Waals surface area contributed by atoms with Crippen LogP contribution in [0.4, 0.5) is 0 Å². The molecule has 0 aromatic heterocycles. The molecule has 22 heavy (non-hydrogen) atoms. The maximum atomic E-state index is 12.2. The molecule has 1 aliphatic rings. The number of nitriles is 1. The van der Waals surface area contributed by atoms with Crippen LogP contribution in [-0.4, -0.2) is 48.3 Å². The lowest BCUT2D eigenvalue weighted by Gasteiger charge is -2.22. The third-order valence-electron chi connectivity index (χ3n) is 3.66. The zero-order valence-electron chi connectivity index (χ0n) is 11.9. The molecular weight excluding hydrogens is 396 g/mol. The minimum Gasteiger partial charge on any atom is -0.452 e. The van der Waals surface area contributed by atoms with Gasteiger partial charge in [0.05, 0.1) is 23.7 Å². The van der Waals surface area contributed by atoms with Crippen molar-refractivity contribution < 1.29 is 14.6 Å². The molecule has 1 saturated heterocycles. The van der Waals surface area contributed by atoms with Crippen molar-refractivity contribution in [1.82, 2.24) is 10.2 Å². The molecular formula is C14H15BIN3O3. The van der Waals surface area contributed by atoms with Crippen LogP contribution < -0.4 is 5.32 Å². The number of hydrogen-bond acceptors (Lipinski definition) is 4. The minimum atomic E-state index is -0.442. The van der Waals surface area contributed by atoms with Crippen molar-refractivity contribution in [1.29, 1.82) is 5.26 Å². The van der Waals surface area contributed by atoms with Crippen LogP contribution in [0, 0.1) is 14.9 Å². The summed E-state index contributed by atoms with van der Waals surface area (Å²) in [4.78, 5) is 25.9. The van der Waals surface area contributed by atoms with Gasteiger partial charge < -0.3 is 15.2 Å². The molecule has 0 aliphatic carbocycles. The van der Waals surface area contributed by atoms with Gasteiger partial charge in [-0.15, -0.1) is 0 Å². The summed E-state index contributed by atoms with van der Waals surface area (Å²) in [6, 6.07) is 6.92. The van der Waals surface area contributed by atoms with E-state index in [1.54, 1.807) is 23.1 Å². The third-order valence-corrected chi connectivity index (χ3v) is 4.33. The minimum absolute atomic E-state index is 0.0604. The van der Waals surface area contributed by atoms with Crippen molar-refractivity contribution >= 4 is 41.9 Å². The summed E-state index contributed by atoms with van der Waals surface area (Å²) in [5, 5.41) is 20.8. The molecule has 1 unspecified atom stereocenters. The fourth-order valence-electron chi connectivity index (χ4n) is 2.51. The lowest BCUT2D eigenvalue weighted by molar-refractivity contribution is -0.129. The summed E-state index contributed by atoms with van der Waals surface area (Å²) < 4.78 is 0.841. The molecule has 1 aliphatic heterocycles. The first-order valence-corrected chi connectivity index (χ1v) is 8.03. The lowest BCUT2D eigenvalue weighted by atomic mass is 9.86. The lowest BCUT2D eigenvalue weighted by Crippen LogP contribution is -2.44. The van der Waals surface area contributed by atoms with Crippen molar-refractivity contribution in [3.05, 3.63) is 32.9 Å². The van der Waals surface area contributed by atoms with E-state index in [2.05, 4.69) is 27.9 Å². The summed E-state index contributed by atoms with van der Waals surface area (Å²) in [6.07, 6.45) is 1.64. The van der Waals surface area contributed by atoms with Crippen molar-refractivity contribution in [2.45, 2.75) is 18.8 Å². The third kappa shape index (κ3) is 3.78. The van der Waals surface area contributed by atoms with Crippen molar-refractivity contribution in [3.63, 3.8) is 0 Å². The second-order valence-electron chi connectivity index (χ2n) is 5.05. The van der Waals surface area contributed by atoms with E-state index in [0.29, 0.717) is 6.54 Å². The Kier molecular flexibility index (Phi) is 5.79. The van der Waals surface area contributed by atoms with E-state index in [9.17, 15) is 14.6 Å². The number of benzene rings is 1. The predicted molar refractivity (Wildman–Crippen MR) is 90.3 cm³/mol. The SMILES string of the molecule is N#Cc1ccc(I)cc1C(=O)NCC(=O)N1CCCC1BO. The average molecular weight is 411 g/mol. The van der Waals surface area contributed by atoms with Gasteiger partial charge in [-0.2, -0.15) is 5.26 Å². The van der Waals surface area contributed by atoms with Crippen LogP contribution in [0.25, 0.3) is 0 Å². The van der Waals surface area contributed by atoms with E-state index in [0.717, 1.165) is 16.4 Å². The Hall–Kier alpha value is -1.60. The van der Waals surface area contributed by atoms with Gasteiger partial charge in [0, 0.05) is 16.1 Å². The Morgan fingerprint density at radius 1 is 1.55 bits per heavy atom. The summed E-state index contributed by atoms with van der Waals surface area (Å²) in [5.41, 5.74) is 0.544. The standard InChI is InChI=1S/C14H15BIN3O3/c16-10-4-3-9(7-17)11(6-10)14(21)18-8-13(20)19-5-1-2-12(19)15-22/h3-4,6,12,15,22H,1-2,5,8H2,(H,18,21). The number of amides is 2. The fourth-order valence-corrected chi connectivity index (χ4v) is 3.00. The molecule has 1 aromatic carbocycles. The highest BCUT2D eigenvalue weighted by atomic mass is 127. The van der Waals surface area contributed by atoms with Gasteiger partial charge in [-0.1, -0.05) is 0 Å². The normalized spacial score (nSPS) is 17.0. The van der Waals surface area contributed by atoms with Gasteiger partial charge >= 0.3 is 0 Å². The zero-order chi connectivity index (χ0) is 16.1. The van der Waals surface area contributed by atoms with Gasteiger partial charge in [0.25, 0.3) is 13.4 Å². The Labute approximate surface area is 142 Å². The van der Waals surface area contributed by atoms with Crippen molar-refractivity contribution in [2.75, 3.05) is 13.1 Å². The molecule has 1 fully saturated rings. The zero-order valence-corrected chi connectivity index (χ0v) is 14.0. The summed E-state index contributed by atoms with van der Waals surface area (Å²) in [6.45, 7) is 0.471. The molecule has 0 saturated carbocycles. The number of rotatable bonds is 4. The smallest absolute Gasteiger partial charge is 0.293 e. The fraction of sp³-hybridized carbons (Fsp3) is 0.357. The molecule has 0 radical (unpaired) electrons. The van der Waals surface area contributed by atoms with E-state index < -0.39 is 5.91 Å². The first-order valence-electron chi connectivity index (χ1n) is 6.95. The highest BCUT2D eigenvalue weighted by Crippen LogP contribution is 2.16. The van der Waals surface area contributed by atoms with Gasteiger partial charge in [0.15, 0.2) is 0 Å². The number of nitrogens with one attached hydrogen (secondary N) is 1. The molecule has 1 heterocycles. The second-order valence-corrected chi connectivity index (χ2v) is 6.30. The molecule has 1 atom stereocenters. The average Bonchev–Trinajstić information content (AvgIpc) is 3.00. The Bertz CT molecular complexity index is 632. The summed E-state index contributed by atoms with van der Waals surface area (Å²) in [7, 11) is -0.0604. The number of carbonyl (C=O) groups excluding carboxylic acids is 2. The van der Waals surface area contributed by atoms with Crippen LogP contribution in [0.2, 0.25) is 0 Å². The van der Waals surface area contributed by atoms with Crippen LogP contribution in [0.1, 0.15) is 28.8 Å². The number of hydrogen-bond donors (Lipinski definition) is 2. The van der Waals surface area contributed by atoms with Gasteiger partial charge in [0.2, 0.25) is 5.91 Å². The van der Waals surface area contributed by atoms with E-state index in [-0.39, 0.29) is 37.0 Å². The molecule has 8 heteroatoms. The number of nitrogens with zero attached hydrogens (tertiary/aromatic N) is 2. The van der Waals surface area contributed by atoms with E-state index >= 15 is 0 Å². The van der Waals surface area contributed by atoms with Gasteiger partial charge in [-0.05, 0) is 53.6 Å². The maximum absolute atomic E-state index is 12.2. The van der Waals surface area contributed by atoms with Crippen molar-refractivity contribution in [3.8, 4) is 6.07 Å². The van der Waals surface area contributed by atoms with Gasteiger partial charge in [-0.25, -0.2) is 0 Å². The Balaban J connectivity index is 2.00. The quantitative estimate of drug-likeness (QED) is 0.547. The molecule has 2 N–H and O–H groups in total. The highest BCUT2D eigenvalue weighted by molar-refractivity contribution is 14.1. The number of likely N-dealkylation sites (tertiary alicyclic amines) is 1. The largest absolute Gasteiger partial charge is 0.452 e. The first-order chi connectivity index (χ1) is 10.6. The van der Waals surface area contributed by atoms with Crippen LogP contribution >= 0.6 is 22.6 Å². The van der Waals surface area contributed by atoms with E-state index in [1.807, 2.05) is 6.07 Å². The van der Waals surface area contributed by atoms with E-state index in [1.165, 1.54) is 0 Å². The first kappa shape index (κ1) is 16.8. The van der Waals surface area contributed by atoms with E-state index in [4.69, 9.17) is 5.26 Å². The van der Waals surface area contributed by atoms with Crippen LogP contribution in [0.3, 0.4) is 0 Å². The van der Waals surface area contributed by atoms with Crippen molar-refractivity contribution in [2.24, 2.45) is 0 Å². The Morgan fingerprint density at radius 3 is 3.00 bits per heavy atom. The summed E-state index contributed by atoms with van der Waals surface area (Å²) >= 11 is 2.06. The molecule has 1 aromatic rings. The number of carbonyl (C=O) groups is 2. The van der Waals surface area contributed by atoms with Gasteiger partial charge in [-0.3, -0.25) is 9.59 Å². The molecule has 0 spiro atoms. The molecule has 2 amide bonds. The molecule has 114 valence electrons. The molecule has 0 bridgehead atoms.